The van der Waals surface area contributed by atoms with E-state index in [1.165, 1.54) is 36.0 Å². The summed E-state index contributed by atoms with van der Waals surface area (Å²) in [5, 5.41) is 3.47. The minimum atomic E-state index is 0.509. The summed E-state index contributed by atoms with van der Waals surface area (Å²) in [6.07, 6.45) is 3.86. The summed E-state index contributed by atoms with van der Waals surface area (Å²) >= 11 is 0. The monoisotopic (exact) mass is 233 g/mol. The van der Waals surface area contributed by atoms with Crippen molar-refractivity contribution in [3.63, 3.8) is 0 Å². The SMILES string of the molecule is CNC(CCCC(C)C)c1c(C)cccc1C. The van der Waals surface area contributed by atoms with E-state index in [0.717, 1.165) is 5.92 Å². The zero-order valence-corrected chi connectivity index (χ0v) is 12.0. The van der Waals surface area contributed by atoms with Gasteiger partial charge in [-0.25, -0.2) is 0 Å². The fraction of sp³-hybridized carbons (Fsp3) is 0.625. The number of hydrogen-bond acceptors (Lipinski definition) is 1. The first-order valence-corrected chi connectivity index (χ1v) is 6.79. The summed E-state index contributed by atoms with van der Waals surface area (Å²) in [6, 6.07) is 7.09. The minimum Gasteiger partial charge on any atom is -0.313 e. The van der Waals surface area contributed by atoms with Gasteiger partial charge in [-0.15, -0.1) is 0 Å². The molecule has 1 atom stereocenters. The molecule has 1 aromatic carbocycles. The molecule has 0 amide bonds. The first-order valence-electron chi connectivity index (χ1n) is 6.79. The Bertz CT molecular complexity index is 321. The van der Waals surface area contributed by atoms with E-state index in [9.17, 15) is 0 Å². The van der Waals surface area contributed by atoms with E-state index in [2.05, 4.69) is 58.3 Å². The zero-order chi connectivity index (χ0) is 12.8. The van der Waals surface area contributed by atoms with Crippen LogP contribution in [-0.4, -0.2) is 7.05 Å². The normalized spacial score (nSPS) is 13.1. The summed E-state index contributed by atoms with van der Waals surface area (Å²) in [5.74, 6) is 0.811. The molecular formula is C16H27N. The highest BCUT2D eigenvalue weighted by Gasteiger charge is 2.13. The predicted molar refractivity (Wildman–Crippen MR) is 76.4 cm³/mol. The quantitative estimate of drug-likeness (QED) is 0.768. The van der Waals surface area contributed by atoms with Gasteiger partial charge >= 0.3 is 0 Å². The van der Waals surface area contributed by atoms with E-state index in [1.54, 1.807) is 0 Å². The Hall–Kier alpha value is -0.820. The van der Waals surface area contributed by atoms with Gasteiger partial charge in [0.1, 0.15) is 0 Å². The van der Waals surface area contributed by atoms with E-state index in [-0.39, 0.29) is 0 Å². The van der Waals surface area contributed by atoms with Gasteiger partial charge in [-0.1, -0.05) is 44.9 Å². The molecule has 0 radical (unpaired) electrons. The Labute approximate surface area is 107 Å². The lowest BCUT2D eigenvalue weighted by molar-refractivity contribution is 0.468. The van der Waals surface area contributed by atoms with Crippen LogP contribution in [0, 0.1) is 19.8 Å². The first-order chi connectivity index (χ1) is 8.06. The number of rotatable bonds is 6. The third-order valence-electron chi connectivity index (χ3n) is 3.51. The van der Waals surface area contributed by atoms with Crippen molar-refractivity contribution in [3.8, 4) is 0 Å². The zero-order valence-electron chi connectivity index (χ0n) is 12.0. The Morgan fingerprint density at radius 3 is 2.12 bits per heavy atom. The Morgan fingerprint density at radius 1 is 1.06 bits per heavy atom. The highest BCUT2D eigenvalue weighted by atomic mass is 14.9. The van der Waals surface area contributed by atoms with Gasteiger partial charge in [0.25, 0.3) is 0 Å². The molecule has 17 heavy (non-hydrogen) atoms. The van der Waals surface area contributed by atoms with Crippen molar-refractivity contribution in [1.29, 1.82) is 0 Å². The maximum atomic E-state index is 3.47. The summed E-state index contributed by atoms with van der Waals surface area (Å²) in [6.45, 7) is 9.03. The maximum absolute atomic E-state index is 3.47. The Morgan fingerprint density at radius 2 is 1.65 bits per heavy atom. The molecule has 96 valence electrons. The second-order valence-corrected chi connectivity index (χ2v) is 5.47. The molecule has 0 aromatic heterocycles. The van der Waals surface area contributed by atoms with Gasteiger partial charge in [0.05, 0.1) is 0 Å². The summed E-state index contributed by atoms with van der Waals surface area (Å²) < 4.78 is 0. The van der Waals surface area contributed by atoms with Crippen LogP contribution in [0.15, 0.2) is 18.2 Å². The van der Waals surface area contributed by atoms with Crippen LogP contribution in [0.25, 0.3) is 0 Å². The van der Waals surface area contributed by atoms with E-state index >= 15 is 0 Å². The molecule has 1 N–H and O–H groups in total. The molecule has 0 aliphatic rings. The lowest BCUT2D eigenvalue weighted by Crippen LogP contribution is -2.18. The van der Waals surface area contributed by atoms with E-state index in [4.69, 9.17) is 0 Å². The predicted octanol–water partition coefficient (Wildman–Crippen LogP) is 4.39. The average Bonchev–Trinajstić information content (AvgIpc) is 2.26. The van der Waals surface area contributed by atoms with Crippen LogP contribution in [0.4, 0.5) is 0 Å². The van der Waals surface area contributed by atoms with Crippen LogP contribution < -0.4 is 5.32 Å². The minimum absolute atomic E-state index is 0.509. The van der Waals surface area contributed by atoms with Gasteiger partial charge in [-0.3, -0.25) is 0 Å². The van der Waals surface area contributed by atoms with E-state index in [1.807, 2.05) is 0 Å². The van der Waals surface area contributed by atoms with Gasteiger partial charge < -0.3 is 5.32 Å². The van der Waals surface area contributed by atoms with Gasteiger partial charge in [-0.2, -0.15) is 0 Å². The molecule has 1 aromatic rings. The van der Waals surface area contributed by atoms with E-state index < -0.39 is 0 Å². The fourth-order valence-electron chi connectivity index (χ4n) is 2.54. The standard InChI is InChI=1S/C16H27N/c1-12(2)8-6-11-15(17-5)16-13(3)9-7-10-14(16)4/h7,9-10,12,15,17H,6,8,11H2,1-5H3. The number of hydrogen-bond donors (Lipinski definition) is 1. The highest BCUT2D eigenvalue weighted by Crippen LogP contribution is 2.26. The first kappa shape index (κ1) is 14.2. The van der Waals surface area contributed by atoms with Crippen LogP contribution in [0.1, 0.15) is 55.8 Å². The van der Waals surface area contributed by atoms with Crippen molar-refractivity contribution in [2.24, 2.45) is 5.92 Å². The molecule has 0 fully saturated rings. The average molecular weight is 233 g/mol. The largest absolute Gasteiger partial charge is 0.313 e. The molecule has 1 heteroatoms. The Balaban J connectivity index is 2.72. The van der Waals surface area contributed by atoms with Crippen molar-refractivity contribution in [3.05, 3.63) is 34.9 Å². The third kappa shape index (κ3) is 4.16. The molecule has 0 saturated heterocycles. The molecule has 0 saturated carbocycles. The molecule has 1 rings (SSSR count). The van der Waals surface area contributed by atoms with Crippen molar-refractivity contribution >= 4 is 0 Å². The van der Waals surface area contributed by atoms with Gasteiger partial charge in [0.15, 0.2) is 0 Å². The van der Waals surface area contributed by atoms with E-state index in [0.29, 0.717) is 6.04 Å². The Kier molecular flexibility index (Phi) is 5.70. The van der Waals surface area contributed by atoms with Gasteiger partial charge in [-0.05, 0) is 49.9 Å². The molecule has 0 aliphatic carbocycles. The van der Waals surface area contributed by atoms with Crippen LogP contribution >= 0.6 is 0 Å². The maximum Gasteiger partial charge on any atom is 0.0322 e. The molecule has 1 unspecified atom stereocenters. The van der Waals surface area contributed by atoms with Gasteiger partial charge in [0.2, 0.25) is 0 Å². The molecule has 1 nitrogen and oxygen atoms in total. The topological polar surface area (TPSA) is 12.0 Å². The summed E-state index contributed by atoms with van der Waals surface area (Å²) in [5.41, 5.74) is 4.32. The second-order valence-electron chi connectivity index (χ2n) is 5.47. The third-order valence-corrected chi connectivity index (χ3v) is 3.51. The lowest BCUT2D eigenvalue weighted by Gasteiger charge is -2.21. The lowest BCUT2D eigenvalue weighted by atomic mass is 9.92. The van der Waals surface area contributed by atoms with Crippen molar-refractivity contribution in [2.75, 3.05) is 7.05 Å². The summed E-state index contributed by atoms with van der Waals surface area (Å²) in [7, 11) is 2.08. The molecule has 0 spiro atoms. The molecule has 0 heterocycles. The smallest absolute Gasteiger partial charge is 0.0322 e. The summed E-state index contributed by atoms with van der Waals surface area (Å²) in [4.78, 5) is 0. The van der Waals surface area contributed by atoms with Crippen molar-refractivity contribution < 1.29 is 0 Å². The highest BCUT2D eigenvalue weighted by molar-refractivity contribution is 5.36. The number of nitrogens with one attached hydrogen (secondary N) is 1. The number of aryl methyl sites for hydroxylation is 2. The van der Waals surface area contributed by atoms with Crippen LogP contribution in [0.5, 0.6) is 0 Å². The second kappa shape index (κ2) is 6.80. The van der Waals surface area contributed by atoms with Crippen LogP contribution in [0.3, 0.4) is 0 Å². The van der Waals surface area contributed by atoms with Crippen LogP contribution in [-0.2, 0) is 0 Å². The van der Waals surface area contributed by atoms with Crippen LogP contribution in [0.2, 0.25) is 0 Å². The van der Waals surface area contributed by atoms with Crippen molar-refractivity contribution in [2.45, 2.75) is 53.0 Å². The molecule has 0 aliphatic heterocycles. The fourth-order valence-corrected chi connectivity index (χ4v) is 2.54. The molecule has 0 bridgehead atoms. The van der Waals surface area contributed by atoms with Gasteiger partial charge in [0, 0.05) is 6.04 Å². The number of benzene rings is 1. The molecular weight excluding hydrogens is 206 g/mol. The van der Waals surface area contributed by atoms with Crippen molar-refractivity contribution in [1.82, 2.24) is 5.32 Å².